The minimum Gasteiger partial charge on any atom is -0.465 e. The Labute approximate surface area is 115 Å². The summed E-state index contributed by atoms with van der Waals surface area (Å²) in [6.07, 6.45) is 0.219. The SMILES string of the molecule is COC(=O)c1cc(N2CCCC(F)C2)cc([N+](=O)[O-])c1. The van der Waals surface area contributed by atoms with Crippen LogP contribution in [0.2, 0.25) is 0 Å². The van der Waals surface area contributed by atoms with E-state index in [0.717, 1.165) is 6.07 Å². The lowest BCUT2D eigenvalue weighted by atomic mass is 10.1. The van der Waals surface area contributed by atoms with Crippen molar-refractivity contribution in [3.05, 3.63) is 33.9 Å². The first-order chi connectivity index (χ1) is 9.51. The van der Waals surface area contributed by atoms with E-state index in [9.17, 15) is 19.3 Å². The first-order valence-corrected chi connectivity index (χ1v) is 6.28. The normalized spacial score (nSPS) is 18.7. The van der Waals surface area contributed by atoms with Crippen LogP contribution < -0.4 is 4.90 Å². The molecule has 1 aliphatic heterocycles. The molecule has 0 amide bonds. The van der Waals surface area contributed by atoms with E-state index in [2.05, 4.69) is 4.74 Å². The number of non-ortho nitro benzene ring substituents is 1. The number of anilines is 1. The van der Waals surface area contributed by atoms with Gasteiger partial charge in [-0.1, -0.05) is 0 Å². The zero-order chi connectivity index (χ0) is 14.7. The highest BCUT2D eigenvalue weighted by Gasteiger charge is 2.23. The van der Waals surface area contributed by atoms with Gasteiger partial charge in [0.05, 0.1) is 17.6 Å². The molecular weight excluding hydrogens is 267 g/mol. The van der Waals surface area contributed by atoms with E-state index in [1.165, 1.54) is 19.2 Å². The Morgan fingerprint density at radius 1 is 1.50 bits per heavy atom. The Kier molecular flexibility index (Phi) is 4.16. The number of esters is 1. The fraction of sp³-hybridized carbons (Fsp3) is 0.462. The Morgan fingerprint density at radius 3 is 2.85 bits per heavy atom. The van der Waals surface area contributed by atoms with Gasteiger partial charge in [-0.2, -0.15) is 0 Å². The number of benzene rings is 1. The number of carbonyl (C=O) groups excluding carboxylic acids is 1. The second-order valence-corrected chi connectivity index (χ2v) is 4.67. The van der Waals surface area contributed by atoms with Crippen molar-refractivity contribution < 1.29 is 18.8 Å². The minimum absolute atomic E-state index is 0.0951. The van der Waals surface area contributed by atoms with Crippen LogP contribution >= 0.6 is 0 Å². The molecule has 1 fully saturated rings. The summed E-state index contributed by atoms with van der Waals surface area (Å²) in [6.45, 7) is 0.796. The molecule has 0 aromatic heterocycles. The van der Waals surface area contributed by atoms with Crippen molar-refractivity contribution in [3.63, 3.8) is 0 Å². The zero-order valence-electron chi connectivity index (χ0n) is 11.0. The van der Waals surface area contributed by atoms with Gasteiger partial charge in [0, 0.05) is 30.9 Å². The fourth-order valence-corrected chi connectivity index (χ4v) is 2.28. The highest BCUT2D eigenvalue weighted by atomic mass is 19.1. The van der Waals surface area contributed by atoms with Crippen molar-refractivity contribution >= 4 is 17.3 Å². The van der Waals surface area contributed by atoms with Gasteiger partial charge in [-0.25, -0.2) is 9.18 Å². The molecule has 1 saturated heterocycles. The van der Waals surface area contributed by atoms with Gasteiger partial charge in [-0.05, 0) is 18.9 Å². The van der Waals surface area contributed by atoms with Crippen molar-refractivity contribution in [1.29, 1.82) is 0 Å². The van der Waals surface area contributed by atoms with Crippen LogP contribution in [0.5, 0.6) is 0 Å². The van der Waals surface area contributed by atoms with Crippen LogP contribution in [0.25, 0.3) is 0 Å². The average molecular weight is 282 g/mol. The maximum Gasteiger partial charge on any atom is 0.338 e. The summed E-state index contributed by atoms with van der Waals surface area (Å²) in [6, 6.07) is 4.01. The molecule has 7 heteroatoms. The van der Waals surface area contributed by atoms with Crippen molar-refractivity contribution in [2.24, 2.45) is 0 Å². The second-order valence-electron chi connectivity index (χ2n) is 4.67. The number of nitro groups is 1. The molecule has 2 rings (SSSR count). The van der Waals surface area contributed by atoms with Gasteiger partial charge in [0.15, 0.2) is 0 Å². The lowest BCUT2D eigenvalue weighted by Gasteiger charge is -2.31. The van der Waals surface area contributed by atoms with E-state index in [0.29, 0.717) is 25.1 Å². The lowest BCUT2D eigenvalue weighted by molar-refractivity contribution is -0.384. The molecule has 1 unspecified atom stereocenters. The topological polar surface area (TPSA) is 72.7 Å². The molecule has 6 nitrogen and oxygen atoms in total. The highest BCUT2D eigenvalue weighted by molar-refractivity contribution is 5.91. The number of nitrogens with zero attached hydrogens (tertiary/aromatic N) is 2. The van der Waals surface area contributed by atoms with E-state index in [1.54, 1.807) is 4.90 Å². The average Bonchev–Trinajstić information content (AvgIpc) is 2.45. The molecule has 1 aromatic carbocycles. The Bertz CT molecular complexity index is 535. The van der Waals surface area contributed by atoms with Crippen LogP contribution in [0.1, 0.15) is 23.2 Å². The molecule has 0 N–H and O–H groups in total. The molecule has 20 heavy (non-hydrogen) atoms. The molecule has 0 bridgehead atoms. The molecular formula is C13H15FN2O4. The van der Waals surface area contributed by atoms with Crippen LogP contribution in [0, 0.1) is 10.1 Å². The molecule has 0 radical (unpaired) electrons. The first kappa shape index (κ1) is 14.2. The fourth-order valence-electron chi connectivity index (χ4n) is 2.28. The van der Waals surface area contributed by atoms with Crippen LogP contribution in [0.15, 0.2) is 18.2 Å². The van der Waals surface area contributed by atoms with E-state index in [4.69, 9.17) is 0 Å². The molecule has 1 aliphatic rings. The van der Waals surface area contributed by atoms with Crippen molar-refractivity contribution in [2.45, 2.75) is 19.0 Å². The summed E-state index contributed by atoms with van der Waals surface area (Å²) >= 11 is 0. The Hall–Kier alpha value is -2.18. The standard InChI is InChI=1S/C13H15FN2O4/c1-20-13(17)9-5-11(7-12(6-9)16(18)19)15-4-2-3-10(14)8-15/h5-7,10H,2-4,8H2,1H3. The number of nitro benzene ring substituents is 1. The van der Waals surface area contributed by atoms with Crippen molar-refractivity contribution in [1.82, 2.24) is 0 Å². The van der Waals surface area contributed by atoms with Gasteiger partial charge in [0.25, 0.3) is 5.69 Å². The van der Waals surface area contributed by atoms with Crippen LogP contribution in [0.3, 0.4) is 0 Å². The van der Waals surface area contributed by atoms with E-state index in [1.807, 2.05) is 0 Å². The smallest absolute Gasteiger partial charge is 0.338 e. The number of ether oxygens (including phenoxy) is 1. The minimum atomic E-state index is -0.954. The van der Waals surface area contributed by atoms with Gasteiger partial charge < -0.3 is 9.64 Å². The molecule has 0 spiro atoms. The molecule has 0 saturated carbocycles. The number of alkyl halides is 1. The van der Waals surface area contributed by atoms with Crippen LogP contribution in [-0.4, -0.2) is 37.3 Å². The van der Waals surface area contributed by atoms with Gasteiger partial charge in [-0.15, -0.1) is 0 Å². The van der Waals surface area contributed by atoms with Crippen molar-refractivity contribution in [2.75, 3.05) is 25.1 Å². The van der Waals surface area contributed by atoms with Crippen LogP contribution in [0.4, 0.5) is 15.8 Å². The monoisotopic (exact) mass is 282 g/mol. The maximum atomic E-state index is 13.4. The summed E-state index contributed by atoms with van der Waals surface area (Å²) in [5.41, 5.74) is 0.364. The van der Waals surface area contributed by atoms with Gasteiger partial charge in [0.2, 0.25) is 0 Å². The summed E-state index contributed by atoms with van der Waals surface area (Å²) in [5, 5.41) is 10.9. The predicted octanol–water partition coefficient (Wildman–Crippen LogP) is 2.32. The summed E-state index contributed by atoms with van der Waals surface area (Å²) in [7, 11) is 1.21. The van der Waals surface area contributed by atoms with E-state index < -0.39 is 17.1 Å². The van der Waals surface area contributed by atoms with Crippen molar-refractivity contribution in [3.8, 4) is 0 Å². The van der Waals surface area contributed by atoms with Gasteiger partial charge >= 0.3 is 5.97 Å². The zero-order valence-corrected chi connectivity index (χ0v) is 11.0. The number of halogens is 1. The second kappa shape index (κ2) is 5.85. The van der Waals surface area contributed by atoms with Gasteiger partial charge in [-0.3, -0.25) is 10.1 Å². The number of rotatable bonds is 3. The third kappa shape index (κ3) is 3.04. The quantitative estimate of drug-likeness (QED) is 0.483. The number of methoxy groups -OCH3 is 1. The third-order valence-corrected chi connectivity index (χ3v) is 3.26. The Balaban J connectivity index is 2.38. The summed E-state index contributed by atoms with van der Waals surface area (Å²) < 4.78 is 18.0. The molecule has 1 aromatic rings. The van der Waals surface area contributed by atoms with E-state index in [-0.39, 0.29) is 17.8 Å². The Morgan fingerprint density at radius 2 is 2.25 bits per heavy atom. The third-order valence-electron chi connectivity index (χ3n) is 3.26. The van der Waals surface area contributed by atoms with Gasteiger partial charge in [0.1, 0.15) is 6.17 Å². The number of carbonyl (C=O) groups is 1. The lowest BCUT2D eigenvalue weighted by Crippen LogP contribution is -2.36. The molecule has 108 valence electrons. The summed E-state index contributed by atoms with van der Waals surface area (Å²) in [5.74, 6) is -0.649. The number of piperidine rings is 1. The van der Waals surface area contributed by atoms with E-state index >= 15 is 0 Å². The first-order valence-electron chi connectivity index (χ1n) is 6.28. The predicted molar refractivity (Wildman–Crippen MR) is 70.8 cm³/mol. The highest BCUT2D eigenvalue weighted by Crippen LogP contribution is 2.27. The van der Waals surface area contributed by atoms with Crippen LogP contribution in [-0.2, 0) is 4.74 Å². The number of hydrogen-bond acceptors (Lipinski definition) is 5. The number of hydrogen-bond donors (Lipinski definition) is 0. The molecule has 0 aliphatic carbocycles. The maximum absolute atomic E-state index is 13.4. The molecule has 1 heterocycles. The largest absolute Gasteiger partial charge is 0.465 e. The molecule has 1 atom stereocenters. The summed E-state index contributed by atoms with van der Waals surface area (Å²) in [4.78, 5) is 23.6.